The molecule has 0 unspecified atom stereocenters. The lowest BCUT2D eigenvalue weighted by atomic mass is 10.2. The first kappa shape index (κ1) is 15.9. The van der Waals surface area contributed by atoms with E-state index in [9.17, 15) is 4.79 Å². The Balaban J connectivity index is 1.68. The minimum absolute atomic E-state index is 0.130. The largest absolute Gasteiger partial charge is 0.451 e. The number of benzene rings is 1. The van der Waals surface area contributed by atoms with Gasteiger partial charge in [-0.3, -0.25) is 0 Å². The molecule has 2 heterocycles. The van der Waals surface area contributed by atoms with E-state index in [2.05, 4.69) is 15.2 Å². The van der Waals surface area contributed by atoms with Crippen molar-refractivity contribution in [3.8, 4) is 11.5 Å². The lowest BCUT2D eigenvalue weighted by molar-refractivity contribution is 0.0432. The zero-order valence-corrected chi connectivity index (χ0v) is 13.6. The number of aromatic nitrogens is 3. The van der Waals surface area contributed by atoms with Gasteiger partial charge in [0, 0.05) is 0 Å². The molecule has 118 valence electrons. The van der Waals surface area contributed by atoms with E-state index in [0.717, 1.165) is 0 Å². The first-order valence-electron chi connectivity index (χ1n) is 6.33. The van der Waals surface area contributed by atoms with Crippen LogP contribution in [0.15, 0.2) is 34.7 Å². The van der Waals surface area contributed by atoms with Gasteiger partial charge in [0.15, 0.2) is 6.61 Å². The molecule has 0 bridgehead atoms. The normalized spacial score (nSPS) is 10.7. The van der Waals surface area contributed by atoms with Gasteiger partial charge in [-0.25, -0.2) is 4.79 Å². The van der Waals surface area contributed by atoms with Crippen molar-refractivity contribution >= 4 is 40.8 Å². The van der Waals surface area contributed by atoms with E-state index in [0.29, 0.717) is 10.6 Å². The lowest BCUT2D eigenvalue weighted by Gasteiger charge is -1.99. The average Bonchev–Trinajstić information content (AvgIpc) is 3.13. The maximum Gasteiger partial charge on any atom is 0.355 e. The van der Waals surface area contributed by atoms with Crippen LogP contribution in [-0.2, 0) is 11.3 Å². The van der Waals surface area contributed by atoms with E-state index in [1.54, 1.807) is 24.3 Å². The third-order valence-electron chi connectivity index (χ3n) is 2.84. The highest BCUT2D eigenvalue weighted by Gasteiger charge is 2.16. The number of rotatable bonds is 4. The second kappa shape index (κ2) is 6.62. The Bertz CT molecular complexity index is 840. The summed E-state index contributed by atoms with van der Waals surface area (Å²) in [6.07, 6.45) is 0. The molecule has 0 saturated heterocycles. The molecule has 0 atom stereocenters. The van der Waals surface area contributed by atoms with Gasteiger partial charge in [0.2, 0.25) is 5.89 Å². The summed E-state index contributed by atoms with van der Waals surface area (Å²) in [7, 11) is 0. The van der Waals surface area contributed by atoms with Crippen LogP contribution in [0.5, 0.6) is 0 Å². The lowest BCUT2D eigenvalue weighted by Crippen LogP contribution is -2.05. The number of esters is 1. The van der Waals surface area contributed by atoms with Gasteiger partial charge in [0.05, 0.1) is 15.6 Å². The van der Waals surface area contributed by atoms with Gasteiger partial charge >= 0.3 is 5.97 Å². The van der Waals surface area contributed by atoms with Crippen LogP contribution < -0.4 is 0 Å². The van der Waals surface area contributed by atoms with Crippen molar-refractivity contribution in [3.63, 3.8) is 0 Å². The summed E-state index contributed by atoms with van der Waals surface area (Å²) in [5.41, 5.74) is 0.730. The van der Waals surface area contributed by atoms with Crippen LogP contribution in [0.25, 0.3) is 11.5 Å². The molecule has 3 aromatic rings. The number of nitrogens with zero attached hydrogens (tertiary/aromatic N) is 2. The Morgan fingerprint density at radius 2 is 1.96 bits per heavy atom. The van der Waals surface area contributed by atoms with E-state index in [-0.39, 0.29) is 34.3 Å². The van der Waals surface area contributed by atoms with Gasteiger partial charge in [-0.2, -0.15) is 0 Å². The summed E-state index contributed by atoms with van der Waals surface area (Å²) < 4.78 is 10.5. The van der Waals surface area contributed by atoms with Crippen molar-refractivity contribution in [1.29, 1.82) is 0 Å². The molecule has 0 aliphatic carbocycles. The highest BCUT2D eigenvalue weighted by Crippen LogP contribution is 2.26. The second-order valence-corrected chi connectivity index (χ2v) is 5.59. The Kier molecular flexibility index (Phi) is 4.56. The number of nitrogens with one attached hydrogen (secondary N) is 1. The topological polar surface area (TPSA) is 81.0 Å². The summed E-state index contributed by atoms with van der Waals surface area (Å²) in [6.45, 7) is -0.190. The Labute approximate surface area is 145 Å². The van der Waals surface area contributed by atoms with E-state index in [1.807, 2.05) is 0 Å². The van der Waals surface area contributed by atoms with Crippen molar-refractivity contribution in [2.24, 2.45) is 0 Å². The van der Waals surface area contributed by atoms with E-state index >= 15 is 0 Å². The number of hydrogen-bond acceptors (Lipinski definition) is 5. The van der Waals surface area contributed by atoms with Crippen LogP contribution in [-0.4, -0.2) is 21.2 Å². The Morgan fingerprint density at radius 1 is 1.17 bits per heavy atom. The highest BCUT2D eigenvalue weighted by atomic mass is 35.5. The molecule has 9 heteroatoms. The van der Waals surface area contributed by atoms with E-state index < -0.39 is 5.97 Å². The van der Waals surface area contributed by atoms with E-state index in [4.69, 9.17) is 44.0 Å². The molecule has 0 spiro atoms. The number of halogens is 3. The monoisotopic (exact) mass is 371 g/mol. The third kappa shape index (κ3) is 3.50. The molecule has 0 aliphatic rings. The van der Waals surface area contributed by atoms with Gasteiger partial charge in [-0.1, -0.05) is 46.9 Å². The second-order valence-electron chi connectivity index (χ2n) is 4.40. The highest BCUT2D eigenvalue weighted by molar-refractivity contribution is 6.41. The van der Waals surface area contributed by atoms with Crippen molar-refractivity contribution in [2.75, 3.05) is 0 Å². The minimum atomic E-state index is -0.642. The van der Waals surface area contributed by atoms with Gasteiger partial charge < -0.3 is 14.1 Å². The van der Waals surface area contributed by atoms with Crippen LogP contribution in [0.1, 0.15) is 16.4 Å². The quantitative estimate of drug-likeness (QED) is 0.687. The zero-order chi connectivity index (χ0) is 16.4. The SMILES string of the molecule is O=C(OCc1nnc(-c2ccccc2Cl)o1)c1cc(Cl)c(Cl)[nH]1. The summed E-state index contributed by atoms with van der Waals surface area (Å²) in [6, 6.07) is 8.41. The molecule has 0 saturated carbocycles. The smallest absolute Gasteiger partial charge is 0.355 e. The van der Waals surface area contributed by atoms with E-state index in [1.165, 1.54) is 6.07 Å². The Morgan fingerprint density at radius 3 is 2.65 bits per heavy atom. The van der Waals surface area contributed by atoms with Gasteiger partial charge in [-0.05, 0) is 18.2 Å². The maximum atomic E-state index is 11.8. The average molecular weight is 373 g/mol. The molecule has 6 nitrogen and oxygen atoms in total. The summed E-state index contributed by atoms with van der Waals surface area (Å²) >= 11 is 17.5. The standard InChI is InChI=1S/C14H8Cl3N3O3/c15-8-4-2-1-3-7(8)13-20-19-11(23-13)6-22-14(21)10-5-9(16)12(17)18-10/h1-5,18H,6H2. The van der Waals surface area contributed by atoms with Crippen molar-refractivity contribution in [1.82, 2.24) is 15.2 Å². The predicted octanol–water partition coefficient (Wildman–Crippen LogP) is 4.38. The predicted molar refractivity (Wildman–Crippen MR) is 84.7 cm³/mol. The third-order valence-corrected chi connectivity index (χ3v) is 3.87. The van der Waals surface area contributed by atoms with Crippen LogP contribution in [0.2, 0.25) is 15.2 Å². The summed E-state index contributed by atoms with van der Waals surface area (Å²) in [5.74, 6) is -0.263. The van der Waals surface area contributed by atoms with Gasteiger partial charge in [-0.15, -0.1) is 10.2 Å². The molecule has 2 aromatic heterocycles. The maximum absolute atomic E-state index is 11.8. The fourth-order valence-electron chi connectivity index (χ4n) is 1.77. The summed E-state index contributed by atoms with van der Waals surface area (Å²) in [5, 5.41) is 8.56. The molecule has 23 heavy (non-hydrogen) atoms. The number of ether oxygens (including phenoxy) is 1. The van der Waals surface area contributed by atoms with Crippen LogP contribution in [0.3, 0.4) is 0 Å². The van der Waals surface area contributed by atoms with Crippen LogP contribution in [0, 0.1) is 0 Å². The molecule has 1 N–H and O–H groups in total. The number of H-pyrrole nitrogens is 1. The van der Waals surface area contributed by atoms with Gasteiger partial charge in [0.1, 0.15) is 10.8 Å². The molecule has 0 radical (unpaired) electrons. The first-order valence-corrected chi connectivity index (χ1v) is 7.46. The number of aromatic amines is 1. The molecule has 0 aliphatic heterocycles. The minimum Gasteiger partial charge on any atom is -0.451 e. The molecule has 0 fully saturated rings. The van der Waals surface area contributed by atoms with Crippen LogP contribution in [0.4, 0.5) is 0 Å². The molecule has 3 rings (SSSR count). The number of hydrogen-bond donors (Lipinski definition) is 1. The Hall–Kier alpha value is -2.02. The number of carbonyl (C=O) groups excluding carboxylic acids is 1. The van der Waals surface area contributed by atoms with Gasteiger partial charge in [0.25, 0.3) is 5.89 Å². The van der Waals surface area contributed by atoms with Crippen LogP contribution >= 0.6 is 34.8 Å². The molecular formula is C14H8Cl3N3O3. The van der Waals surface area contributed by atoms with Crippen molar-refractivity contribution in [3.05, 3.63) is 57.1 Å². The summed E-state index contributed by atoms with van der Waals surface area (Å²) in [4.78, 5) is 14.4. The fraction of sp³-hybridized carbons (Fsp3) is 0.0714. The fourth-order valence-corrected chi connectivity index (χ4v) is 2.30. The van der Waals surface area contributed by atoms with Crippen molar-refractivity contribution in [2.45, 2.75) is 6.61 Å². The molecule has 1 aromatic carbocycles. The number of carbonyl (C=O) groups is 1. The molecular weight excluding hydrogens is 365 g/mol. The first-order chi connectivity index (χ1) is 11.0. The zero-order valence-electron chi connectivity index (χ0n) is 11.3. The van der Waals surface area contributed by atoms with Crippen molar-refractivity contribution < 1.29 is 13.9 Å². The molecule has 0 amide bonds.